The van der Waals surface area contributed by atoms with Gasteiger partial charge in [-0.05, 0) is 31.2 Å². The van der Waals surface area contributed by atoms with Crippen molar-refractivity contribution in [3.8, 4) is 23.8 Å². The minimum absolute atomic E-state index is 0.0700. The highest BCUT2D eigenvalue weighted by Gasteiger charge is 2.40. The van der Waals surface area contributed by atoms with Gasteiger partial charge in [-0.15, -0.1) is 6.42 Å². The van der Waals surface area contributed by atoms with Crippen molar-refractivity contribution in [1.29, 1.82) is 0 Å². The highest BCUT2D eigenvalue weighted by molar-refractivity contribution is 6.29. The summed E-state index contributed by atoms with van der Waals surface area (Å²) in [6, 6.07) is 15.5. The summed E-state index contributed by atoms with van der Waals surface area (Å²) in [5, 5.41) is -0.0700. The quantitative estimate of drug-likeness (QED) is 0.382. The van der Waals surface area contributed by atoms with Crippen LogP contribution in [0.15, 0.2) is 65.7 Å². The molecule has 0 radical (unpaired) electrons. The van der Waals surface area contributed by atoms with Crippen molar-refractivity contribution in [2.24, 2.45) is 5.92 Å². The SMILES string of the molecule is C#CC(OC(=O)CC(C=C(C)Cl)C(F)(F)F)c1cccc(Oc2ccccc2)c1. The fourth-order valence-electron chi connectivity index (χ4n) is 2.47. The molecule has 2 atom stereocenters. The van der Waals surface area contributed by atoms with Gasteiger partial charge in [-0.3, -0.25) is 4.79 Å². The molecule has 7 heteroatoms. The van der Waals surface area contributed by atoms with Crippen molar-refractivity contribution in [2.75, 3.05) is 0 Å². The van der Waals surface area contributed by atoms with E-state index in [2.05, 4.69) is 5.92 Å². The lowest BCUT2D eigenvalue weighted by Gasteiger charge is -2.18. The van der Waals surface area contributed by atoms with E-state index >= 15 is 0 Å². The minimum Gasteiger partial charge on any atom is -0.457 e. The molecule has 0 saturated carbocycles. The summed E-state index contributed by atoms with van der Waals surface area (Å²) in [5.41, 5.74) is 0.405. The van der Waals surface area contributed by atoms with E-state index in [1.54, 1.807) is 48.5 Å². The van der Waals surface area contributed by atoms with Crippen LogP contribution < -0.4 is 4.74 Å². The summed E-state index contributed by atoms with van der Waals surface area (Å²) in [4.78, 5) is 12.1. The summed E-state index contributed by atoms with van der Waals surface area (Å²) >= 11 is 5.54. The maximum absolute atomic E-state index is 13.1. The molecule has 2 aromatic rings. The number of rotatable bonds is 7. The van der Waals surface area contributed by atoms with E-state index in [1.165, 1.54) is 6.92 Å². The van der Waals surface area contributed by atoms with Crippen LogP contribution in [0.25, 0.3) is 0 Å². The third kappa shape index (κ3) is 7.20. The molecule has 0 aliphatic carbocycles. The Hall–Kier alpha value is -2.91. The van der Waals surface area contributed by atoms with Crippen LogP contribution in [0.4, 0.5) is 13.2 Å². The number of carbonyl (C=O) groups is 1. The Bertz CT molecular complexity index is 898. The molecule has 0 amide bonds. The van der Waals surface area contributed by atoms with E-state index < -0.39 is 30.6 Å². The zero-order valence-electron chi connectivity index (χ0n) is 15.4. The third-order valence-corrected chi connectivity index (χ3v) is 3.90. The van der Waals surface area contributed by atoms with Gasteiger partial charge in [0.2, 0.25) is 0 Å². The number of esters is 1. The van der Waals surface area contributed by atoms with Gasteiger partial charge in [-0.1, -0.05) is 53.9 Å². The van der Waals surface area contributed by atoms with E-state index in [1.807, 2.05) is 6.07 Å². The molecule has 29 heavy (non-hydrogen) atoms. The van der Waals surface area contributed by atoms with Crippen LogP contribution in [-0.4, -0.2) is 12.1 Å². The monoisotopic (exact) mass is 422 g/mol. The van der Waals surface area contributed by atoms with Gasteiger partial charge in [-0.25, -0.2) is 0 Å². The van der Waals surface area contributed by atoms with Gasteiger partial charge in [0.25, 0.3) is 0 Å². The molecule has 0 saturated heterocycles. The minimum atomic E-state index is -4.63. The average Bonchev–Trinajstić information content (AvgIpc) is 2.65. The summed E-state index contributed by atoms with van der Waals surface area (Å²) < 4.78 is 50.0. The van der Waals surface area contributed by atoms with Crippen LogP contribution in [0.1, 0.15) is 25.0 Å². The van der Waals surface area contributed by atoms with Gasteiger partial charge in [0.05, 0.1) is 12.3 Å². The van der Waals surface area contributed by atoms with Gasteiger partial charge < -0.3 is 9.47 Å². The topological polar surface area (TPSA) is 35.5 Å². The first-order valence-corrected chi connectivity index (χ1v) is 8.96. The van der Waals surface area contributed by atoms with Crippen molar-refractivity contribution in [2.45, 2.75) is 25.6 Å². The second-order valence-electron chi connectivity index (χ2n) is 6.13. The molecule has 0 aromatic heterocycles. The molecule has 0 aliphatic rings. The molecule has 2 unspecified atom stereocenters. The van der Waals surface area contributed by atoms with Crippen LogP contribution >= 0.6 is 11.6 Å². The van der Waals surface area contributed by atoms with Crippen LogP contribution in [0.2, 0.25) is 0 Å². The number of para-hydroxylation sites is 1. The first kappa shape index (κ1) is 22.4. The van der Waals surface area contributed by atoms with Gasteiger partial charge >= 0.3 is 12.1 Å². The molecule has 2 rings (SSSR count). The smallest absolute Gasteiger partial charge is 0.395 e. The molecule has 0 fully saturated rings. The number of terminal acetylenes is 1. The summed E-state index contributed by atoms with van der Waals surface area (Å²) in [5.74, 6) is 0.167. The van der Waals surface area contributed by atoms with Crippen molar-refractivity contribution < 1.29 is 27.4 Å². The van der Waals surface area contributed by atoms with E-state index in [0.717, 1.165) is 6.08 Å². The van der Waals surface area contributed by atoms with Gasteiger partial charge in [-0.2, -0.15) is 13.2 Å². The lowest BCUT2D eigenvalue weighted by Crippen LogP contribution is -2.25. The molecule has 3 nitrogen and oxygen atoms in total. The first-order valence-electron chi connectivity index (χ1n) is 8.58. The van der Waals surface area contributed by atoms with Crippen molar-refractivity contribution in [1.82, 2.24) is 0 Å². The Balaban J connectivity index is 2.11. The molecule has 152 valence electrons. The number of allylic oxidation sites excluding steroid dienone is 2. The van der Waals surface area contributed by atoms with Crippen LogP contribution in [0, 0.1) is 18.3 Å². The molecule has 0 heterocycles. The molecule has 0 bridgehead atoms. The molecule has 0 spiro atoms. The zero-order valence-corrected chi connectivity index (χ0v) is 16.2. The Labute approximate surface area is 172 Å². The maximum Gasteiger partial charge on any atom is 0.395 e. The standard InChI is InChI=1S/C22H18ClF3O3/c1-3-20(29-21(27)14-17(12-15(2)23)22(24,25)26)16-8-7-11-19(13-16)28-18-9-5-4-6-10-18/h1,4-13,17,20H,14H2,2H3. The molecular formula is C22H18ClF3O3. The van der Waals surface area contributed by atoms with E-state index in [4.69, 9.17) is 27.5 Å². The number of hydrogen-bond acceptors (Lipinski definition) is 3. The maximum atomic E-state index is 13.1. The summed E-state index contributed by atoms with van der Waals surface area (Å²) in [6.45, 7) is 1.30. The lowest BCUT2D eigenvalue weighted by molar-refractivity contribution is -0.175. The highest BCUT2D eigenvalue weighted by atomic mass is 35.5. The predicted molar refractivity (Wildman–Crippen MR) is 104 cm³/mol. The van der Waals surface area contributed by atoms with Gasteiger partial charge in [0.1, 0.15) is 11.5 Å². The number of ether oxygens (including phenoxy) is 2. The van der Waals surface area contributed by atoms with Crippen molar-refractivity contribution in [3.05, 3.63) is 71.3 Å². The Morgan fingerprint density at radius 1 is 1.17 bits per heavy atom. The number of hydrogen-bond donors (Lipinski definition) is 0. The third-order valence-electron chi connectivity index (χ3n) is 3.78. The zero-order chi connectivity index (χ0) is 21.4. The Kier molecular flexibility index (Phi) is 7.74. The molecule has 0 N–H and O–H groups in total. The predicted octanol–water partition coefficient (Wildman–Crippen LogP) is 6.41. The second-order valence-corrected chi connectivity index (χ2v) is 6.73. The fraction of sp³-hybridized carbons (Fsp3) is 0.227. The summed E-state index contributed by atoms with van der Waals surface area (Å²) in [7, 11) is 0. The number of carbonyl (C=O) groups excluding carboxylic acids is 1. The van der Waals surface area contributed by atoms with Gasteiger partial charge in [0, 0.05) is 10.6 Å². The number of benzene rings is 2. The fourth-order valence-corrected chi connectivity index (χ4v) is 2.62. The number of halogens is 4. The summed E-state index contributed by atoms with van der Waals surface area (Å²) in [6.07, 6.45) is -0.519. The van der Waals surface area contributed by atoms with Crippen LogP contribution in [-0.2, 0) is 9.53 Å². The van der Waals surface area contributed by atoms with E-state index in [9.17, 15) is 18.0 Å². The Morgan fingerprint density at radius 2 is 1.83 bits per heavy atom. The largest absolute Gasteiger partial charge is 0.457 e. The lowest BCUT2D eigenvalue weighted by atomic mass is 10.0. The molecule has 0 aliphatic heterocycles. The van der Waals surface area contributed by atoms with E-state index in [-0.39, 0.29) is 5.03 Å². The van der Waals surface area contributed by atoms with Crippen LogP contribution in [0.5, 0.6) is 11.5 Å². The van der Waals surface area contributed by atoms with Crippen molar-refractivity contribution >= 4 is 17.6 Å². The second kappa shape index (κ2) is 10.0. The Morgan fingerprint density at radius 3 is 2.41 bits per heavy atom. The van der Waals surface area contributed by atoms with Crippen molar-refractivity contribution in [3.63, 3.8) is 0 Å². The molecular weight excluding hydrogens is 405 g/mol. The normalized spacial score (nSPS) is 13.9. The van der Waals surface area contributed by atoms with Crippen LogP contribution in [0.3, 0.4) is 0 Å². The molecule has 2 aromatic carbocycles. The van der Waals surface area contributed by atoms with Gasteiger partial charge in [0.15, 0.2) is 6.10 Å². The average molecular weight is 423 g/mol. The number of alkyl halides is 3. The highest BCUT2D eigenvalue weighted by Crippen LogP contribution is 2.33. The van der Waals surface area contributed by atoms with E-state index in [0.29, 0.717) is 17.1 Å². The first-order chi connectivity index (χ1) is 13.7.